The number of benzene rings is 1. The van der Waals surface area contributed by atoms with Gasteiger partial charge in [-0.25, -0.2) is 0 Å². The van der Waals surface area contributed by atoms with E-state index in [1.165, 1.54) is 5.56 Å². The van der Waals surface area contributed by atoms with Crippen LogP contribution in [0, 0.1) is 0 Å². The van der Waals surface area contributed by atoms with Gasteiger partial charge >= 0.3 is 0 Å². The standard InChI is InChI=1S/C14H18BrClN2/c1-2-3-14(18-8-6-17-7-9-18)11-4-5-13(16)12(15)10-11/h2,4-5,10,14,17H,1,3,6-9H2/t14-/m1/s1. The van der Waals surface area contributed by atoms with Crippen LogP contribution in [0.2, 0.25) is 5.02 Å². The molecule has 1 N–H and O–H groups in total. The first kappa shape index (κ1) is 14.1. The monoisotopic (exact) mass is 328 g/mol. The summed E-state index contributed by atoms with van der Waals surface area (Å²) in [5.41, 5.74) is 1.30. The van der Waals surface area contributed by atoms with Crippen LogP contribution in [0.4, 0.5) is 0 Å². The van der Waals surface area contributed by atoms with Gasteiger partial charge in [-0.2, -0.15) is 0 Å². The van der Waals surface area contributed by atoms with Crippen LogP contribution in [-0.2, 0) is 0 Å². The van der Waals surface area contributed by atoms with E-state index in [9.17, 15) is 0 Å². The molecule has 0 spiro atoms. The first-order valence-electron chi connectivity index (χ1n) is 6.23. The minimum atomic E-state index is 0.401. The summed E-state index contributed by atoms with van der Waals surface area (Å²) in [6, 6.07) is 6.60. The second kappa shape index (κ2) is 6.71. The molecule has 0 saturated carbocycles. The lowest BCUT2D eigenvalue weighted by Crippen LogP contribution is -2.45. The molecule has 0 radical (unpaired) electrons. The third kappa shape index (κ3) is 3.35. The minimum absolute atomic E-state index is 0.401. The van der Waals surface area contributed by atoms with Crippen molar-refractivity contribution in [2.45, 2.75) is 12.5 Å². The molecule has 0 bridgehead atoms. The van der Waals surface area contributed by atoms with Crippen LogP contribution in [0.25, 0.3) is 0 Å². The SMILES string of the molecule is C=CC[C@H](c1ccc(Cl)c(Br)c1)N1CCNCC1. The second-order valence-corrected chi connectivity index (χ2v) is 5.76. The molecule has 1 aromatic carbocycles. The summed E-state index contributed by atoms with van der Waals surface area (Å²) in [4.78, 5) is 2.51. The predicted molar refractivity (Wildman–Crippen MR) is 81.1 cm³/mol. The van der Waals surface area contributed by atoms with Crippen LogP contribution in [0.15, 0.2) is 35.3 Å². The van der Waals surface area contributed by atoms with Crippen LogP contribution < -0.4 is 5.32 Å². The Morgan fingerprint density at radius 2 is 2.17 bits per heavy atom. The van der Waals surface area contributed by atoms with E-state index in [0.29, 0.717) is 6.04 Å². The summed E-state index contributed by atoms with van der Waals surface area (Å²) in [7, 11) is 0. The molecule has 0 unspecified atom stereocenters. The Labute approximate surface area is 122 Å². The molecule has 0 aromatic heterocycles. The predicted octanol–water partition coefficient (Wildman–Crippen LogP) is 3.62. The summed E-state index contributed by atoms with van der Waals surface area (Å²) in [5.74, 6) is 0. The third-order valence-corrected chi connectivity index (χ3v) is 4.52. The first-order valence-corrected chi connectivity index (χ1v) is 7.40. The zero-order valence-corrected chi connectivity index (χ0v) is 12.7. The quantitative estimate of drug-likeness (QED) is 0.849. The van der Waals surface area contributed by atoms with Crippen LogP contribution in [-0.4, -0.2) is 31.1 Å². The lowest BCUT2D eigenvalue weighted by Gasteiger charge is -2.35. The largest absolute Gasteiger partial charge is 0.314 e. The zero-order chi connectivity index (χ0) is 13.0. The van der Waals surface area contributed by atoms with E-state index < -0.39 is 0 Å². The maximum absolute atomic E-state index is 6.06. The van der Waals surface area contributed by atoms with E-state index in [4.69, 9.17) is 11.6 Å². The Kier molecular flexibility index (Phi) is 5.25. The van der Waals surface area contributed by atoms with Crippen molar-refractivity contribution in [3.8, 4) is 0 Å². The molecule has 2 rings (SSSR count). The number of hydrogen-bond acceptors (Lipinski definition) is 2. The summed E-state index contributed by atoms with van der Waals surface area (Å²) in [5, 5.41) is 4.15. The highest BCUT2D eigenvalue weighted by Crippen LogP contribution is 2.30. The van der Waals surface area contributed by atoms with Crippen molar-refractivity contribution in [1.82, 2.24) is 10.2 Å². The fourth-order valence-electron chi connectivity index (χ4n) is 2.37. The summed E-state index contributed by atoms with van der Waals surface area (Å²) in [6.07, 6.45) is 2.96. The van der Waals surface area contributed by atoms with Gasteiger partial charge in [0.15, 0.2) is 0 Å². The van der Waals surface area contributed by atoms with Crippen LogP contribution in [0.3, 0.4) is 0 Å². The smallest absolute Gasteiger partial charge is 0.0548 e. The first-order chi connectivity index (χ1) is 8.72. The van der Waals surface area contributed by atoms with Crippen LogP contribution in [0.5, 0.6) is 0 Å². The highest BCUT2D eigenvalue weighted by atomic mass is 79.9. The molecular formula is C14H18BrClN2. The fraction of sp³-hybridized carbons (Fsp3) is 0.429. The van der Waals surface area contributed by atoms with Crippen molar-refractivity contribution in [3.05, 3.63) is 45.9 Å². The van der Waals surface area contributed by atoms with Gasteiger partial charge in [-0.05, 0) is 40.0 Å². The third-order valence-electron chi connectivity index (χ3n) is 3.31. The van der Waals surface area contributed by atoms with Crippen molar-refractivity contribution in [1.29, 1.82) is 0 Å². The van der Waals surface area contributed by atoms with Gasteiger partial charge in [0.05, 0.1) is 5.02 Å². The van der Waals surface area contributed by atoms with E-state index in [0.717, 1.165) is 42.1 Å². The normalized spacial score (nSPS) is 18.6. The topological polar surface area (TPSA) is 15.3 Å². The molecule has 18 heavy (non-hydrogen) atoms. The van der Waals surface area contributed by atoms with E-state index in [1.54, 1.807) is 0 Å². The van der Waals surface area contributed by atoms with E-state index in [2.05, 4.69) is 44.9 Å². The fourth-order valence-corrected chi connectivity index (χ4v) is 2.88. The van der Waals surface area contributed by atoms with Gasteiger partial charge in [0.25, 0.3) is 0 Å². The summed E-state index contributed by atoms with van der Waals surface area (Å²) < 4.78 is 0.964. The highest BCUT2D eigenvalue weighted by Gasteiger charge is 2.21. The molecule has 0 aliphatic carbocycles. The van der Waals surface area contributed by atoms with Gasteiger partial charge in [-0.3, -0.25) is 4.90 Å². The average molecular weight is 330 g/mol. The van der Waals surface area contributed by atoms with Crippen molar-refractivity contribution in [2.24, 2.45) is 0 Å². The number of nitrogens with one attached hydrogen (secondary N) is 1. The zero-order valence-electron chi connectivity index (χ0n) is 10.3. The molecule has 1 fully saturated rings. The lowest BCUT2D eigenvalue weighted by molar-refractivity contribution is 0.174. The number of piperazine rings is 1. The molecule has 1 aliphatic rings. The van der Waals surface area contributed by atoms with Crippen LogP contribution >= 0.6 is 27.5 Å². The Bertz CT molecular complexity index is 416. The van der Waals surface area contributed by atoms with E-state index >= 15 is 0 Å². The molecule has 98 valence electrons. The molecular weight excluding hydrogens is 312 g/mol. The van der Waals surface area contributed by atoms with Gasteiger partial charge in [-0.15, -0.1) is 6.58 Å². The average Bonchev–Trinajstić information content (AvgIpc) is 2.40. The Morgan fingerprint density at radius 3 is 2.78 bits per heavy atom. The van der Waals surface area contributed by atoms with Crippen molar-refractivity contribution < 1.29 is 0 Å². The van der Waals surface area contributed by atoms with Gasteiger partial charge in [-0.1, -0.05) is 23.7 Å². The molecule has 1 aliphatic heterocycles. The molecule has 1 atom stereocenters. The second-order valence-electron chi connectivity index (χ2n) is 4.50. The Morgan fingerprint density at radius 1 is 1.44 bits per heavy atom. The maximum Gasteiger partial charge on any atom is 0.0548 e. The minimum Gasteiger partial charge on any atom is -0.314 e. The van der Waals surface area contributed by atoms with Crippen LogP contribution in [0.1, 0.15) is 18.0 Å². The Hall–Kier alpha value is -0.350. The number of rotatable bonds is 4. The molecule has 1 saturated heterocycles. The van der Waals surface area contributed by atoms with Gasteiger partial charge in [0.2, 0.25) is 0 Å². The molecule has 4 heteroatoms. The number of halogens is 2. The molecule has 1 aromatic rings. The number of hydrogen-bond donors (Lipinski definition) is 1. The van der Waals surface area contributed by atoms with Crippen molar-refractivity contribution in [2.75, 3.05) is 26.2 Å². The van der Waals surface area contributed by atoms with E-state index in [-0.39, 0.29) is 0 Å². The molecule has 1 heterocycles. The van der Waals surface area contributed by atoms with Crippen molar-refractivity contribution in [3.63, 3.8) is 0 Å². The van der Waals surface area contributed by atoms with E-state index in [1.807, 2.05) is 12.1 Å². The van der Waals surface area contributed by atoms with Gasteiger partial charge < -0.3 is 5.32 Å². The van der Waals surface area contributed by atoms with Gasteiger partial charge in [0, 0.05) is 36.7 Å². The summed E-state index contributed by atoms with van der Waals surface area (Å²) in [6.45, 7) is 8.16. The maximum atomic E-state index is 6.06. The van der Waals surface area contributed by atoms with Crippen molar-refractivity contribution >= 4 is 27.5 Å². The summed E-state index contributed by atoms with van der Waals surface area (Å²) >= 11 is 9.56. The molecule has 0 amide bonds. The highest BCUT2D eigenvalue weighted by molar-refractivity contribution is 9.10. The molecule has 2 nitrogen and oxygen atoms in total. The Balaban J connectivity index is 2.22. The lowest BCUT2D eigenvalue weighted by atomic mass is 10.0. The number of nitrogens with zero attached hydrogens (tertiary/aromatic N) is 1. The van der Waals surface area contributed by atoms with Gasteiger partial charge in [0.1, 0.15) is 0 Å².